The standard InChI is InChI=1S/C15H18N6S/c1-11(12(2)21-8-4-7-19-21)18-9-13-10-22-15(20-13)14-16-5-3-6-17-14/h3-8,10-12,18H,9H2,1-2H3/t11-,12+/m1/s1. The van der Waals surface area contributed by atoms with Crippen LogP contribution >= 0.6 is 11.3 Å². The summed E-state index contributed by atoms with van der Waals surface area (Å²) >= 11 is 1.57. The second-order valence-corrected chi connectivity index (χ2v) is 5.97. The first-order valence-electron chi connectivity index (χ1n) is 7.18. The first-order chi connectivity index (χ1) is 10.7. The molecule has 22 heavy (non-hydrogen) atoms. The van der Waals surface area contributed by atoms with Crippen molar-refractivity contribution in [2.75, 3.05) is 0 Å². The lowest BCUT2D eigenvalue weighted by molar-refractivity contribution is 0.364. The number of nitrogens with zero attached hydrogens (tertiary/aromatic N) is 5. The Labute approximate surface area is 133 Å². The lowest BCUT2D eigenvalue weighted by atomic mass is 10.2. The Kier molecular flexibility index (Phi) is 4.55. The molecule has 0 bridgehead atoms. The van der Waals surface area contributed by atoms with Gasteiger partial charge in [-0.2, -0.15) is 5.10 Å². The van der Waals surface area contributed by atoms with Crippen molar-refractivity contribution in [2.24, 2.45) is 0 Å². The van der Waals surface area contributed by atoms with E-state index in [4.69, 9.17) is 0 Å². The Morgan fingerprint density at radius 1 is 1.18 bits per heavy atom. The molecular weight excluding hydrogens is 296 g/mol. The highest BCUT2D eigenvalue weighted by molar-refractivity contribution is 7.13. The van der Waals surface area contributed by atoms with Gasteiger partial charge in [0.05, 0.1) is 11.7 Å². The molecule has 0 aliphatic carbocycles. The Bertz CT molecular complexity index is 694. The zero-order valence-corrected chi connectivity index (χ0v) is 13.4. The van der Waals surface area contributed by atoms with Gasteiger partial charge >= 0.3 is 0 Å². The van der Waals surface area contributed by atoms with Crippen LogP contribution in [0.5, 0.6) is 0 Å². The first-order valence-corrected chi connectivity index (χ1v) is 8.06. The molecule has 0 saturated carbocycles. The summed E-state index contributed by atoms with van der Waals surface area (Å²) in [6, 6.07) is 4.32. The topological polar surface area (TPSA) is 68.5 Å². The normalized spacial score (nSPS) is 13.9. The van der Waals surface area contributed by atoms with Crippen LogP contribution in [0.3, 0.4) is 0 Å². The van der Waals surface area contributed by atoms with Crippen LogP contribution in [0.15, 0.2) is 42.3 Å². The van der Waals surface area contributed by atoms with Crippen LogP contribution in [0.4, 0.5) is 0 Å². The van der Waals surface area contributed by atoms with E-state index in [0.29, 0.717) is 5.82 Å². The maximum Gasteiger partial charge on any atom is 0.188 e. The monoisotopic (exact) mass is 314 g/mol. The van der Waals surface area contributed by atoms with Crippen LogP contribution in [0.1, 0.15) is 25.6 Å². The molecule has 6 nitrogen and oxygen atoms in total. The molecule has 0 unspecified atom stereocenters. The minimum absolute atomic E-state index is 0.283. The molecule has 0 aliphatic heterocycles. The average Bonchev–Trinajstić information content (AvgIpc) is 3.24. The van der Waals surface area contributed by atoms with E-state index in [0.717, 1.165) is 17.2 Å². The predicted octanol–water partition coefficient (Wildman–Crippen LogP) is 2.54. The lowest BCUT2D eigenvalue weighted by Crippen LogP contribution is -2.33. The van der Waals surface area contributed by atoms with E-state index >= 15 is 0 Å². The second-order valence-electron chi connectivity index (χ2n) is 5.11. The van der Waals surface area contributed by atoms with Gasteiger partial charge in [0.2, 0.25) is 0 Å². The summed E-state index contributed by atoms with van der Waals surface area (Å²) in [5.41, 5.74) is 1.01. The lowest BCUT2D eigenvalue weighted by Gasteiger charge is -2.21. The van der Waals surface area contributed by atoms with E-state index in [1.165, 1.54) is 0 Å². The summed E-state index contributed by atoms with van der Waals surface area (Å²) in [7, 11) is 0. The van der Waals surface area contributed by atoms with Crippen molar-refractivity contribution in [2.45, 2.75) is 32.5 Å². The average molecular weight is 314 g/mol. The summed E-state index contributed by atoms with van der Waals surface area (Å²) in [6.45, 7) is 5.02. The van der Waals surface area contributed by atoms with Crippen molar-refractivity contribution in [3.8, 4) is 10.8 Å². The third-order valence-corrected chi connectivity index (χ3v) is 4.47. The van der Waals surface area contributed by atoms with E-state index in [9.17, 15) is 0 Å². The van der Waals surface area contributed by atoms with Gasteiger partial charge in [-0.3, -0.25) is 4.68 Å². The highest BCUT2D eigenvalue weighted by atomic mass is 32.1. The molecule has 114 valence electrons. The zero-order chi connectivity index (χ0) is 15.4. The number of aromatic nitrogens is 5. The Balaban J connectivity index is 1.59. The number of hydrogen-bond acceptors (Lipinski definition) is 6. The molecule has 3 aromatic heterocycles. The SMILES string of the molecule is C[C@@H](NCc1csc(-c2ncccn2)n1)[C@H](C)n1cccn1. The molecular formula is C15H18N6S. The molecule has 0 saturated heterocycles. The van der Waals surface area contributed by atoms with E-state index < -0.39 is 0 Å². The largest absolute Gasteiger partial charge is 0.306 e. The summed E-state index contributed by atoms with van der Waals surface area (Å²) in [4.78, 5) is 13.0. The fourth-order valence-corrected chi connectivity index (χ4v) is 2.85. The summed E-state index contributed by atoms with van der Waals surface area (Å²) in [5.74, 6) is 0.678. The van der Waals surface area contributed by atoms with Gasteiger partial charge in [0, 0.05) is 42.8 Å². The van der Waals surface area contributed by atoms with E-state index in [2.05, 4.69) is 39.2 Å². The molecule has 0 aliphatic rings. The van der Waals surface area contributed by atoms with Crippen molar-refractivity contribution in [1.82, 2.24) is 30.0 Å². The molecule has 2 atom stereocenters. The minimum Gasteiger partial charge on any atom is -0.306 e. The van der Waals surface area contributed by atoms with E-state index in [-0.39, 0.29) is 12.1 Å². The van der Waals surface area contributed by atoms with Gasteiger partial charge in [0.1, 0.15) is 0 Å². The van der Waals surface area contributed by atoms with Crippen LogP contribution in [-0.2, 0) is 6.54 Å². The number of nitrogens with one attached hydrogen (secondary N) is 1. The first kappa shape index (κ1) is 14.8. The van der Waals surface area contributed by atoms with Crippen molar-refractivity contribution in [3.63, 3.8) is 0 Å². The van der Waals surface area contributed by atoms with E-state index in [1.54, 1.807) is 36.0 Å². The molecule has 0 radical (unpaired) electrons. The molecule has 0 aromatic carbocycles. The van der Waals surface area contributed by atoms with Gasteiger partial charge in [-0.25, -0.2) is 15.0 Å². The summed E-state index contributed by atoms with van der Waals surface area (Å²) < 4.78 is 1.96. The Morgan fingerprint density at radius 3 is 2.73 bits per heavy atom. The number of hydrogen-bond donors (Lipinski definition) is 1. The van der Waals surface area contributed by atoms with Crippen LogP contribution < -0.4 is 5.32 Å². The minimum atomic E-state index is 0.283. The predicted molar refractivity (Wildman–Crippen MR) is 86.4 cm³/mol. The second kappa shape index (κ2) is 6.76. The van der Waals surface area contributed by atoms with Crippen molar-refractivity contribution in [1.29, 1.82) is 0 Å². The molecule has 7 heteroatoms. The molecule has 0 spiro atoms. The van der Waals surface area contributed by atoms with E-state index in [1.807, 2.05) is 22.3 Å². The van der Waals surface area contributed by atoms with Gasteiger partial charge in [-0.1, -0.05) is 0 Å². The number of thiazole rings is 1. The van der Waals surface area contributed by atoms with Gasteiger partial charge in [-0.15, -0.1) is 11.3 Å². The number of rotatable bonds is 6. The molecule has 3 rings (SSSR count). The third kappa shape index (κ3) is 3.37. The fraction of sp³-hybridized carbons (Fsp3) is 0.333. The molecule has 3 heterocycles. The molecule has 3 aromatic rings. The van der Waals surface area contributed by atoms with Gasteiger partial charge in [0.15, 0.2) is 10.8 Å². The summed E-state index contributed by atoms with van der Waals surface area (Å²) in [5, 5.41) is 10.7. The van der Waals surface area contributed by atoms with Gasteiger partial charge in [-0.05, 0) is 26.0 Å². The third-order valence-electron chi connectivity index (χ3n) is 3.58. The smallest absolute Gasteiger partial charge is 0.188 e. The molecule has 0 fully saturated rings. The van der Waals surface area contributed by atoms with Crippen molar-refractivity contribution >= 4 is 11.3 Å². The van der Waals surface area contributed by atoms with Crippen LogP contribution in [0.25, 0.3) is 10.8 Å². The fourth-order valence-electron chi connectivity index (χ4n) is 2.09. The highest BCUT2D eigenvalue weighted by Crippen LogP contribution is 2.19. The maximum atomic E-state index is 4.58. The molecule has 1 N–H and O–H groups in total. The van der Waals surface area contributed by atoms with Crippen LogP contribution in [0, 0.1) is 0 Å². The van der Waals surface area contributed by atoms with Gasteiger partial charge < -0.3 is 5.32 Å². The quantitative estimate of drug-likeness (QED) is 0.757. The Morgan fingerprint density at radius 2 is 2.00 bits per heavy atom. The Hall–Kier alpha value is -2.12. The van der Waals surface area contributed by atoms with Gasteiger partial charge in [0.25, 0.3) is 0 Å². The molecule has 0 amide bonds. The summed E-state index contributed by atoms with van der Waals surface area (Å²) in [6.07, 6.45) is 7.25. The van der Waals surface area contributed by atoms with Crippen LogP contribution in [-0.4, -0.2) is 30.8 Å². The van der Waals surface area contributed by atoms with Crippen molar-refractivity contribution in [3.05, 3.63) is 48.0 Å². The zero-order valence-electron chi connectivity index (χ0n) is 12.5. The van der Waals surface area contributed by atoms with Crippen molar-refractivity contribution < 1.29 is 0 Å². The van der Waals surface area contributed by atoms with Crippen LogP contribution in [0.2, 0.25) is 0 Å². The maximum absolute atomic E-state index is 4.58. The highest BCUT2D eigenvalue weighted by Gasteiger charge is 2.14.